The van der Waals surface area contributed by atoms with Gasteiger partial charge in [0.1, 0.15) is 11.6 Å². The molecule has 0 aliphatic carbocycles. The van der Waals surface area contributed by atoms with E-state index in [4.69, 9.17) is 5.11 Å². The van der Waals surface area contributed by atoms with Crippen LogP contribution < -0.4 is 10.9 Å². The molecule has 1 rings (SSSR count). The fourth-order valence-electron chi connectivity index (χ4n) is 1.36. The number of hydrogen-bond donors (Lipinski definition) is 3. The molecular formula is C12H21N3O2S. The first-order valence-electron chi connectivity index (χ1n) is 6.17. The molecule has 5 nitrogen and oxygen atoms in total. The van der Waals surface area contributed by atoms with Crippen LogP contribution in [0.25, 0.3) is 0 Å². The van der Waals surface area contributed by atoms with E-state index in [9.17, 15) is 4.79 Å². The summed E-state index contributed by atoms with van der Waals surface area (Å²) in [7, 11) is 0. The maximum absolute atomic E-state index is 11.4. The lowest BCUT2D eigenvalue weighted by Gasteiger charge is -2.08. The van der Waals surface area contributed by atoms with Gasteiger partial charge >= 0.3 is 0 Å². The van der Waals surface area contributed by atoms with Gasteiger partial charge in [0.25, 0.3) is 5.56 Å². The third-order valence-corrected chi connectivity index (χ3v) is 3.38. The third-order valence-electron chi connectivity index (χ3n) is 2.31. The van der Waals surface area contributed by atoms with E-state index < -0.39 is 0 Å². The van der Waals surface area contributed by atoms with Crippen LogP contribution >= 0.6 is 11.8 Å². The van der Waals surface area contributed by atoms with E-state index in [0.717, 1.165) is 24.5 Å². The average molecular weight is 271 g/mol. The van der Waals surface area contributed by atoms with Crippen molar-refractivity contribution < 1.29 is 5.11 Å². The average Bonchev–Trinajstić information content (AvgIpc) is 2.33. The van der Waals surface area contributed by atoms with Crippen LogP contribution in [0.4, 0.5) is 5.82 Å². The predicted octanol–water partition coefficient (Wildman–Crippen LogP) is 1.42. The van der Waals surface area contributed by atoms with Crippen molar-refractivity contribution in [2.75, 3.05) is 30.0 Å². The highest BCUT2D eigenvalue weighted by atomic mass is 32.2. The van der Waals surface area contributed by atoms with Gasteiger partial charge in [0.2, 0.25) is 0 Å². The number of rotatable bonds is 8. The van der Waals surface area contributed by atoms with Crippen molar-refractivity contribution in [3.8, 4) is 0 Å². The van der Waals surface area contributed by atoms with Crippen molar-refractivity contribution >= 4 is 17.6 Å². The van der Waals surface area contributed by atoms with Crippen LogP contribution in [0.3, 0.4) is 0 Å². The van der Waals surface area contributed by atoms with Gasteiger partial charge in [-0.1, -0.05) is 13.8 Å². The smallest absolute Gasteiger partial charge is 0.252 e. The summed E-state index contributed by atoms with van der Waals surface area (Å²) in [4.78, 5) is 18.5. The maximum Gasteiger partial charge on any atom is 0.252 e. The van der Waals surface area contributed by atoms with E-state index in [1.165, 1.54) is 6.07 Å². The van der Waals surface area contributed by atoms with Gasteiger partial charge < -0.3 is 15.4 Å². The number of hydrogen-bond acceptors (Lipinski definition) is 5. The summed E-state index contributed by atoms with van der Waals surface area (Å²) < 4.78 is 0. The van der Waals surface area contributed by atoms with Crippen LogP contribution in [-0.4, -0.2) is 39.7 Å². The van der Waals surface area contributed by atoms with Crippen molar-refractivity contribution in [2.24, 2.45) is 0 Å². The topological polar surface area (TPSA) is 78.0 Å². The summed E-state index contributed by atoms with van der Waals surface area (Å²) in [6.07, 6.45) is 0.825. The van der Waals surface area contributed by atoms with E-state index >= 15 is 0 Å². The predicted molar refractivity (Wildman–Crippen MR) is 76.5 cm³/mol. The van der Waals surface area contributed by atoms with Gasteiger partial charge in [0.05, 0.1) is 0 Å². The number of aromatic amines is 1. The third kappa shape index (κ3) is 5.55. The van der Waals surface area contributed by atoms with Gasteiger partial charge in [-0.3, -0.25) is 4.79 Å². The van der Waals surface area contributed by atoms with E-state index in [1.54, 1.807) is 11.8 Å². The van der Waals surface area contributed by atoms with Crippen LogP contribution in [0.2, 0.25) is 0 Å². The highest BCUT2D eigenvalue weighted by molar-refractivity contribution is 7.99. The second-order valence-electron chi connectivity index (χ2n) is 4.29. The van der Waals surface area contributed by atoms with Gasteiger partial charge in [-0.2, -0.15) is 11.8 Å². The first-order chi connectivity index (χ1) is 8.63. The highest BCUT2D eigenvalue weighted by Gasteiger charge is 2.04. The molecule has 0 bridgehead atoms. The number of nitrogens with one attached hydrogen (secondary N) is 2. The van der Waals surface area contributed by atoms with Crippen LogP contribution in [-0.2, 0) is 0 Å². The Labute approximate surface area is 111 Å². The normalized spacial score (nSPS) is 10.9. The first-order valence-corrected chi connectivity index (χ1v) is 7.32. The summed E-state index contributed by atoms with van der Waals surface area (Å²) in [6, 6.07) is 1.48. The number of aliphatic hydroxyl groups excluding tert-OH is 1. The second kappa shape index (κ2) is 8.16. The summed E-state index contributed by atoms with van der Waals surface area (Å²) in [5, 5.41) is 11.8. The molecule has 18 heavy (non-hydrogen) atoms. The Kier molecular flexibility index (Phi) is 6.82. The summed E-state index contributed by atoms with van der Waals surface area (Å²) in [5.74, 6) is 3.44. The minimum atomic E-state index is -0.121. The van der Waals surface area contributed by atoms with Crippen molar-refractivity contribution in [3.63, 3.8) is 0 Å². The Bertz CT molecular complexity index is 407. The van der Waals surface area contributed by atoms with Crippen LogP contribution in [0.1, 0.15) is 32.0 Å². The largest absolute Gasteiger partial charge is 0.396 e. The van der Waals surface area contributed by atoms with Gasteiger partial charge in [0.15, 0.2) is 0 Å². The van der Waals surface area contributed by atoms with Crippen molar-refractivity contribution in [1.82, 2.24) is 9.97 Å². The zero-order chi connectivity index (χ0) is 13.4. The molecule has 0 fully saturated rings. The second-order valence-corrected chi connectivity index (χ2v) is 5.51. The first kappa shape index (κ1) is 15.0. The molecule has 3 N–H and O–H groups in total. The molecule has 1 heterocycles. The lowest BCUT2D eigenvalue weighted by atomic mass is 10.2. The summed E-state index contributed by atoms with van der Waals surface area (Å²) >= 11 is 1.78. The van der Waals surface area contributed by atoms with Gasteiger partial charge in [-0.25, -0.2) is 4.98 Å². The highest BCUT2D eigenvalue weighted by Crippen LogP contribution is 2.09. The monoisotopic (exact) mass is 271 g/mol. The number of aliphatic hydroxyl groups is 1. The summed E-state index contributed by atoms with van der Waals surface area (Å²) in [5.41, 5.74) is -0.121. The van der Waals surface area contributed by atoms with Gasteiger partial charge in [0, 0.05) is 30.9 Å². The van der Waals surface area contributed by atoms with Crippen molar-refractivity contribution in [1.29, 1.82) is 0 Å². The quantitative estimate of drug-likeness (QED) is 0.623. The van der Waals surface area contributed by atoms with Crippen molar-refractivity contribution in [2.45, 2.75) is 26.2 Å². The molecule has 102 valence electrons. The molecule has 0 spiro atoms. The fraction of sp³-hybridized carbons (Fsp3) is 0.667. The zero-order valence-electron chi connectivity index (χ0n) is 10.9. The Morgan fingerprint density at radius 3 is 2.94 bits per heavy atom. The van der Waals surface area contributed by atoms with E-state index in [1.807, 2.05) is 13.8 Å². The van der Waals surface area contributed by atoms with Gasteiger partial charge in [-0.15, -0.1) is 0 Å². The lowest BCUT2D eigenvalue weighted by Crippen LogP contribution is -2.15. The molecule has 0 saturated carbocycles. The SMILES string of the molecule is CC(C)c1nc(NCCSCCCO)cc(=O)[nH]1. The Morgan fingerprint density at radius 2 is 2.28 bits per heavy atom. The van der Waals surface area contributed by atoms with E-state index in [-0.39, 0.29) is 18.1 Å². The van der Waals surface area contributed by atoms with E-state index in [0.29, 0.717) is 11.6 Å². The molecule has 0 aliphatic rings. The Morgan fingerprint density at radius 1 is 1.50 bits per heavy atom. The molecule has 0 saturated heterocycles. The molecule has 0 atom stereocenters. The minimum Gasteiger partial charge on any atom is -0.396 e. The number of anilines is 1. The molecular weight excluding hydrogens is 250 g/mol. The zero-order valence-corrected chi connectivity index (χ0v) is 11.7. The van der Waals surface area contributed by atoms with Crippen LogP contribution in [0.15, 0.2) is 10.9 Å². The van der Waals surface area contributed by atoms with Crippen LogP contribution in [0.5, 0.6) is 0 Å². The standard InChI is InChI=1S/C12H21N3O2S/c1-9(2)12-14-10(8-11(17)15-12)13-4-7-18-6-3-5-16/h8-9,16H,3-7H2,1-2H3,(H2,13,14,15,17). The van der Waals surface area contributed by atoms with Gasteiger partial charge in [-0.05, 0) is 12.2 Å². The number of nitrogens with zero attached hydrogens (tertiary/aromatic N) is 1. The van der Waals surface area contributed by atoms with Crippen LogP contribution in [0, 0.1) is 0 Å². The maximum atomic E-state index is 11.4. The summed E-state index contributed by atoms with van der Waals surface area (Å²) in [6.45, 7) is 5.00. The molecule has 0 amide bonds. The molecule has 0 unspecified atom stereocenters. The number of H-pyrrole nitrogens is 1. The van der Waals surface area contributed by atoms with Crippen molar-refractivity contribution in [3.05, 3.63) is 22.2 Å². The van der Waals surface area contributed by atoms with E-state index in [2.05, 4.69) is 15.3 Å². The Hall–Kier alpha value is -1.01. The molecule has 0 aromatic carbocycles. The molecule has 1 aromatic heterocycles. The Balaban J connectivity index is 2.40. The minimum absolute atomic E-state index is 0.121. The fourth-order valence-corrected chi connectivity index (χ4v) is 2.14. The molecule has 0 aliphatic heterocycles. The molecule has 1 aromatic rings. The molecule has 6 heteroatoms. The number of thioether (sulfide) groups is 1. The lowest BCUT2D eigenvalue weighted by molar-refractivity contribution is 0.296. The molecule has 0 radical (unpaired) electrons. The number of aromatic nitrogens is 2.